The minimum atomic E-state index is -0.267. The number of rotatable bonds is 4. The Labute approximate surface area is 125 Å². The Kier molecular flexibility index (Phi) is 5.14. The van der Waals surface area contributed by atoms with Gasteiger partial charge in [-0.15, -0.1) is 0 Å². The van der Waals surface area contributed by atoms with Gasteiger partial charge in [-0.25, -0.2) is 4.79 Å². The van der Waals surface area contributed by atoms with E-state index in [1.807, 2.05) is 24.4 Å². The van der Waals surface area contributed by atoms with Gasteiger partial charge in [0.2, 0.25) is 0 Å². The zero-order valence-electron chi connectivity index (χ0n) is 12.4. The molecule has 0 unspecified atom stereocenters. The van der Waals surface area contributed by atoms with Crippen molar-refractivity contribution in [2.24, 2.45) is 5.92 Å². The summed E-state index contributed by atoms with van der Waals surface area (Å²) in [7, 11) is 0. The fraction of sp³-hybridized carbons (Fsp3) is 0.412. The molecule has 4 nitrogen and oxygen atoms in total. The number of ether oxygens (including phenoxy) is 1. The van der Waals surface area contributed by atoms with E-state index in [0.717, 1.165) is 19.3 Å². The van der Waals surface area contributed by atoms with Crippen molar-refractivity contribution in [2.45, 2.75) is 32.4 Å². The van der Waals surface area contributed by atoms with Crippen LogP contribution in [0.5, 0.6) is 0 Å². The number of nitrogens with zero attached hydrogens (tertiary/aromatic N) is 1. The minimum Gasteiger partial charge on any atom is -0.458 e. The quantitative estimate of drug-likeness (QED) is 0.485. The molecule has 0 radical (unpaired) electrons. The molecule has 0 spiro atoms. The third-order valence-corrected chi connectivity index (χ3v) is 3.90. The molecule has 2 rings (SSSR count). The molecule has 1 aromatic rings. The topological polar surface area (TPSA) is 46.6 Å². The third-order valence-electron chi connectivity index (χ3n) is 3.90. The number of hydrogen-bond acceptors (Lipinski definition) is 4. The first-order chi connectivity index (χ1) is 10.1. The van der Waals surface area contributed by atoms with Crippen molar-refractivity contribution in [1.29, 1.82) is 0 Å². The maximum atomic E-state index is 12.1. The van der Waals surface area contributed by atoms with Gasteiger partial charge in [0.1, 0.15) is 12.4 Å². The summed E-state index contributed by atoms with van der Waals surface area (Å²) in [6.07, 6.45) is 4.76. The average Bonchev–Trinajstić information content (AvgIpc) is 2.50. The van der Waals surface area contributed by atoms with Crippen LogP contribution in [-0.2, 0) is 9.53 Å². The highest BCUT2D eigenvalue weighted by molar-refractivity contribution is 5.89. The molecular formula is C17H21NO3. The second kappa shape index (κ2) is 7.07. The van der Waals surface area contributed by atoms with Crippen LogP contribution in [0.15, 0.2) is 42.6 Å². The zero-order valence-corrected chi connectivity index (χ0v) is 12.4. The highest BCUT2D eigenvalue weighted by Crippen LogP contribution is 2.25. The van der Waals surface area contributed by atoms with Gasteiger partial charge in [-0.1, -0.05) is 25.1 Å². The third kappa shape index (κ3) is 3.94. The van der Waals surface area contributed by atoms with Crippen molar-refractivity contribution in [2.75, 3.05) is 6.54 Å². The summed E-state index contributed by atoms with van der Waals surface area (Å²) in [4.78, 5) is 24.7. The molecule has 112 valence electrons. The Balaban J connectivity index is 1.98. The Morgan fingerprint density at radius 1 is 1.29 bits per heavy atom. The molecule has 4 heteroatoms. The molecular weight excluding hydrogens is 266 g/mol. The van der Waals surface area contributed by atoms with Crippen molar-refractivity contribution in [3.8, 4) is 0 Å². The maximum absolute atomic E-state index is 12.1. The Morgan fingerprint density at radius 3 is 2.67 bits per heavy atom. The van der Waals surface area contributed by atoms with E-state index in [-0.39, 0.29) is 24.0 Å². The molecule has 1 aliphatic rings. The van der Waals surface area contributed by atoms with Crippen LogP contribution in [0.1, 0.15) is 30.6 Å². The van der Waals surface area contributed by atoms with Gasteiger partial charge in [-0.2, -0.15) is 0 Å². The molecule has 1 saturated heterocycles. The number of likely N-dealkylation sites (tertiary alicyclic amines) is 1. The largest absolute Gasteiger partial charge is 0.458 e. The predicted octanol–water partition coefficient (Wildman–Crippen LogP) is 2.65. The van der Waals surface area contributed by atoms with Crippen LogP contribution in [-0.4, -0.2) is 35.8 Å². The lowest BCUT2D eigenvalue weighted by Crippen LogP contribution is -2.46. The van der Waals surface area contributed by atoms with Gasteiger partial charge in [0.25, 0.3) is 0 Å². The van der Waals surface area contributed by atoms with Crippen LogP contribution in [0.2, 0.25) is 0 Å². The average molecular weight is 287 g/mol. The minimum absolute atomic E-state index is 0.0893. The van der Waals surface area contributed by atoms with Crippen molar-refractivity contribution >= 4 is 12.3 Å². The van der Waals surface area contributed by atoms with E-state index >= 15 is 0 Å². The lowest BCUT2D eigenvalue weighted by molar-refractivity contribution is -0.104. The first-order valence-electron chi connectivity index (χ1n) is 7.25. The standard InChI is InChI=1S/C17H21NO3/c1-13-12-18(9-6-10-19)14(2)11-16(13)21-17(20)15-7-4-3-5-8-15/h3-10,13-14,16H,11-12H2,1-2H3/b9-6+/t13-,14-,16-/m1/s1. The normalized spacial score (nSPS) is 25.8. The molecule has 0 N–H and O–H groups in total. The monoisotopic (exact) mass is 287 g/mol. The summed E-state index contributed by atoms with van der Waals surface area (Å²) < 4.78 is 5.65. The van der Waals surface area contributed by atoms with E-state index in [0.29, 0.717) is 5.56 Å². The fourth-order valence-electron chi connectivity index (χ4n) is 2.63. The number of piperidine rings is 1. The van der Waals surface area contributed by atoms with Crippen LogP contribution in [0, 0.1) is 5.92 Å². The summed E-state index contributed by atoms with van der Waals surface area (Å²) >= 11 is 0. The molecule has 0 saturated carbocycles. The number of esters is 1. The molecule has 21 heavy (non-hydrogen) atoms. The van der Waals surface area contributed by atoms with Gasteiger partial charge in [-0.05, 0) is 25.1 Å². The van der Waals surface area contributed by atoms with Gasteiger partial charge in [0, 0.05) is 31.1 Å². The molecule has 0 aromatic heterocycles. The van der Waals surface area contributed by atoms with Crippen LogP contribution >= 0.6 is 0 Å². The van der Waals surface area contributed by atoms with Gasteiger partial charge in [-0.3, -0.25) is 4.79 Å². The van der Waals surface area contributed by atoms with Crippen molar-refractivity contribution in [1.82, 2.24) is 4.90 Å². The van der Waals surface area contributed by atoms with Crippen LogP contribution < -0.4 is 0 Å². The lowest BCUT2D eigenvalue weighted by atomic mass is 9.92. The van der Waals surface area contributed by atoms with Gasteiger partial charge < -0.3 is 9.64 Å². The van der Waals surface area contributed by atoms with Crippen LogP contribution in [0.3, 0.4) is 0 Å². The molecule has 0 bridgehead atoms. The molecule has 1 fully saturated rings. The maximum Gasteiger partial charge on any atom is 0.338 e. The van der Waals surface area contributed by atoms with Gasteiger partial charge in [0.15, 0.2) is 0 Å². The summed E-state index contributed by atoms with van der Waals surface area (Å²) in [5, 5.41) is 0. The Bertz CT molecular complexity index is 512. The summed E-state index contributed by atoms with van der Waals surface area (Å²) in [5.41, 5.74) is 0.584. The van der Waals surface area contributed by atoms with Crippen molar-refractivity contribution in [3.63, 3.8) is 0 Å². The summed E-state index contributed by atoms with van der Waals surface area (Å²) in [5.74, 6) is -0.0401. The molecule has 1 heterocycles. The van der Waals surface area contributed by atoms with Crippen molar-refractivity contribution in [3.05, 3.63) is 48.2 Å². The molecule has 1 aromatic carbocycles. The Hall–Kier alpha value is -2.10. The van der Waals surface area contributed by atoms with Crippen LogP contribution in [0.4, 0.5) is 0 Å². The van der Waals surface area contributed by atoms with Crippen LogP contribution in [0.25, 0.3) is 0 Å². The molecule has 0 amide bonds. The number of carbonyl (C=O) groups excluding carboxylic acids is 2. The number of hydrogen-bond donors (Lipinski definition) is 0. The number of allylic oxidation sites excluding steroid dienone is 1. The Morgan fingerprint density at radius 2 is 2.00 bits per heavy atom. The summed E-state index contributed by atoms with van der Waals surface area (Å²) in [6, 6.07) is 9.30. The SMILES string of the molecule is C[C@@H]1CN(/C=C/C=O)[C@H](C)C[C@H]1OC(=O)c1ccccc1. The first-order valence-corrected chi connectivity index (χ1v) is 7.25. The zero-order chi connectivity index (χ0) is 15.2. The van der Waals surface area contributed by atoms with E-state index in [2.05, 4.69) is 18.7 Å². The second-order valence-corrected chi connectivity index (χ2v) is 5.55. The number of carbonyl (C=O) groups is 2. The number of benzene rings is 1. The van der Waals surface area contributed by atoms with E-state index in [9.17, 15) is 9.59 Å². The number of aldehydes is 1. The van der Waals surface area contributed by atoms with Gasteiger partial charge >= 0.3 is 5.97 Å². The summed E-state index contributed by atoms with van der Waals surface area (Å²) in [6.45, 7) is 4.92. The first kappa shape index (κ1) is 15.3. The molecule has 0 aliphatic carbocycles. The van der Waals surface area contributed by atoms with E-state index in [1.165, 1.54) is 6.08 Å². The smallest absolute Gasteiger partial charge is 0.338 e. The lowest BCUT2D eigenvalue weighted by Gasteiger charge is -2.40. The second-order valence-electron chi connectivity index (χ2n) is 5.55. The predicted molar refractivity (Wildman–Crippen MR) is 80.8 cm³/mol. The van der Waals surface area contributed by atoms with Crippen molar-refractivity contribution < 1.29 is 14.3 Å². The van der Waals surface area contributed by atoms with E-state index < -0.39 is 0 Å². The van der Waals surface area contributed by atoms with Gasteiger partial charge in [0.05, 0.1) is 5.56 Å². The molecule has 1 aliphatic heterocycles. The fourth-order valence-corrected chi connectivity index (χ4v) is 2.63. The highest BCUT2D eigenvalue weighted by atomic mass is 16.5. The van der Waals surface area contributed by atoms with E-state index in [4.69, 9.17) is 4.74 Å². The van der Waals surface area contributed by atoms with E-state index in [1.54, 1.807) is 12.1 Å². The molecule has 3 atom stereocenters. The highest BCUT2D eigenvalue weighted by Gasteiger charge is 2.32.